The summed E-state index contributed by atoms with van der Waals surface area (Å²) in [7, 11) is 0. The number of para-hydroxylation sites is 1. The van der Waals surface area contributed by atoms with E-state index in [1.165, 1.54) is 12.1 Å². The van der Waals surface area contributed by atoms with Crippen LogP contribution in [0.4, 0.5) is 5.69 Å². The molecule has 24 heavy (non-hydrogen) atoms. The van der Waals surface area contributed by atoms with Crippen molar-refractivity contribution >= 4 is 35.1 Å². The summed E-state index contributed by atoms with van der Waals surface area (Å²) < 4.78 is 5.05. The average Bonchev–Trinajstić information content (AvgIpc) is 3.04. The van der Waals surface area contributed by atoms with E-state index in [-0.39, 0.29) is 0 Å². The number of hydrogen-bond donors (Lipinski definition) is 4. The molecule has 5 N–H and O–H groups in total. The van der Waals surface area contributed by atoms with Gasteiger partial charge in [0.05, 0.1) is 18.3 Å². The maximum atomic E-state index is 6.02. The van der Waals surface area contributed by atoms with Crippen LogP contribution in [0.25, 0.3) is 22.0 Å². The zero-order chi connectivity index (χ0) is 16.4. The van der Waals surface area contributed by atoms with Gasteiger partial charge in [0.1, 0.15) is 16.4 Å². The van der Waals surface area contributed by atoms with Crippen molar-refractivity contribution in [3.05, 3.63) is 35.8 Å². The van der Waals surface area contributed by atoms with Crippen molar-refractivity contribution in [3.8, 4) is 22.0 Å². The Morgan fingerprint density at radius 3 is 3.00 bits per heavy atom. The molecule has 0 atom stereocenters. The smallest absolute Gasteiger partial charge is 0.202 e. The first kappa shape index (κ1) is 15.2. The number of nitrogens with two attached hydrogens (primary N) is 1. The molecular formula is C15H17N7S2. The largest absolute Gasteiger partial charge is 0.398 e. The Morgan fingerprint density at radius 2 is 2.21 bits per heavy atom. The highest BCUT2D eigenvalue weighted by molar-refractivity contribution is 7.96. The van der Waals surface area contributed by atoms with Crippen molar-refractivity contribution in [2.24, 2.45) is 4.99 Å². The predicted octanol–water partition coefficient (Wildman–Crippen LogP) is 2.54. The monoisotopic (exact) mass is 359 g/mol. The third-order valence-electron chi connectivity index (χ3n) is 3.59. The lowest BCUT2D eigenvalue weighted by molar-refractivity contribution is 0.730. The highest BCUT2D eigenvalue weighted by atomic mass is 32.2. The van der Waals surface area contributed by atoms with Gasteiger partial charge in [0, 0.05) is 29.7 Å². The van der Waals surface area contributed by atoms with Gasteiger partial charge in [0.25, 0.3) is 0 Å². The Bertz CT molecular complexity index is 849. The molecule has 3 aromatic rings. The maximum Gasteiger partial charge on any atom is 0.202 e. The van der Waals surface area contributed by atoms with Gasteiger partial charge in [-0.15, -0.1) is 11.3 Å². The highest BCUT2D eigenvalue weighted by Gasteiger charge is 2.13. The molecule has 0 bridgehead atoms. The van der Waals surface area contributed by atoms with E-state index in [4.69, 9.17) is 5.73 Å². The molecule has 1 aliphatic heterocycles. The molecule has 0 fully saturated rings. The SMILES string of the molecule is Nc1ccccc1-c1nc(-c2cn(SNC3=NCCCN3)[nH]2)cs1. The highest BCUT2D eigenvalue weighted by Crippen LogP contribution is 2.32. The fraction of sp³-hybridized carbons (Fsp3) is 0.200. The second-order valence-electron chi connectivity index (χ2n) is 5.31. The number of nitrogens with one attached hydrogen (secondary N) is 3. The summed E-state index contributed by atoms with van der Waals surface area (Å²) in [4.78, 5) is 9.02. The molecule has 0 spiro atoms. The molecule has 2 aromatic heterocycles. The van der Waals surface area contributed by atoms with Crippen LogP contribution in [0.1, 0.15) is 6.42 Å². The third-order valence-corrected chi connectivity index (χ3v) is 5.14. The Balaban J connectivity index is 1.41. The Hall–Kier alpha value is -2.39. The van der Waals surface area contributed by atoms with Crippen molar-refractivity contribution in [1.29, 1.82) is 0 Å². The number of nitrogens with zero attached hydrogens (tertiary/aromatic N) is 3. The fourth-order valence-corrected chi connectivity index (χ4v) is 3.80. The molecule has 0 saturated carbocycles. The van der Waals surface area contributed by atoms with Crippen LogP contribution in [0, 0.1) is 0 Å². The van der Waals surface area contributed by atoms with Gasteiger partial charge in [-0.2, -0.15) is 0 Å². The number of hydrogen-bond acceptors (Lipinski definition) is 7. The van der Waals surface area contributed by atoms with Crippen LogP contribution < -0.4 is 15.8 Å². The zero-order valence-electron chi connectivity index (χ0n) is 12.8. The number of nitrogen functional groups attached to an aromatic ring is 1. The van der Waals surface area contributed by atoms with Crippen molar-refractivity contribution < 1.29 is 0 Å². The van der Waals surface area contributed by atoms with Gasteiger partial charge in [0.2, 0.25) is 5.96 Å². The van der Waals surface area contributed by atoms with Gasteiger partial charge in [-0.1, -0.05) is 12.1 Å². The van der Waals surface area contributed by atoms with Crippen LogP contribution >= 0.6 is 23.5 Å². The van der Waals surface area contributed by atoms with E-state index in [2.05, 4.69) is 25.1 Å². The number of thiazole rings is 1. The number of anilines is 1. The van der Waals surface area contributed by atoms with E-state index in [1.807, 2.05) is 39.9 Å². The van der Waals surface area contributed by atoms with E-state index >= 15 is 0 Å². The first-order chi connectivity index (χ1) is 11.8. The second-order valence-corrected chi connectivity index (χ2v) is 6.95. The van der Waals surface area contributed by atoms with E-state index < -0.39 is 0 Å². The summed E-state index contributed by atoms with van der Waals surface area (Å²) in [5.74, 6) is 0.824. The molecule has 0 amide bonds. The molecule has 0 radical (unpaired) electrons. The first-order valence-corrected chi connectivity index (χ1v) is 9.25. The molecule has 1 aliphatic rings. The van der Waals surface area contributed by atoms with Crippen LogP contribution in [0.15, 0.2) is 40.8 Å². The Kier molecular flexibility index (Phi) is 4.18. The number of aliphatic imine (C=N–C) groups is 1. The summed E-state index contributed by atoms with van der Waals surface area (Å²) in [6.45, 7) is 1.83. The quantitative estimate of drug-likeness (QED) is 0.424. The molecule has 0 saturated heterocycles. The number of H-pyrrole nitrogens is 1. The molecule has 7 nitrogen and oxygen atoms in total. The van der Waals surface area contributed by atoms with Crippen LogP contribution in [0.3, 0.4) is 0 Å². The summed E-state index contributed by atoms with van der Waals surface area (Å²) in [6.07, 6.45) is 3.08. The molecular weight excluding hydrogens is 342 g/mol. The molecule has 4 rings (SSSR count). The summed E-state index contributed by atoms with van der Waals surface area (Å²) in [5, 5.41) is 9.41. The number of guanidine groups is 1. The van der Waals surface area contributed by atoms with Gasteiger partial charge in [-0.3, -0.25) is 14.8 Å². The minimum Gasteiger partial charge on any atom is -0.398 e. The standard InChI is InChI=1S/C15H17N7S2/c16-11-5-2-1-4-10(11)14-19-13(9-23-14)12-8-22(20-12)24-21-15-17-6-3-7-18-15/h1-2,4-5,8-9,20H,3,6-7,16H2,(H2,17,18,21). The summed E-state index contributed by atoms with van der Waals surface area (Å²) in [5.41, 5.74) is 9.64. The molecule has 0 unspecified atom stereocenters. The van der Waals surface area contributed by atoms with Gasteiger partial charge < -0.3 is 11.1 Å². The second kappa shape index (κ2) is 6.62. The predicted molar refractivity (Wildman–Crippen MR) is 101 cm³/mol. The third kappa shape index (κ3) is 3.13. The fourth-order valence-electron chi connectivity index (χ4n) is 2.31. The molecule has 9 heteroatoms. The topological polar surface area (TPSA) is 96.0 Å². The maximum absolute atomic E-state index is 6.02. The lowest BCUT2D eigenvalue weighted by Crippen LogP contribution is -2.38. The van der Waals surface area contributed by atoms with Crippen LogP contribution in [-0.2, 0) is 0 Å². The summed E-state index contributed by atoms with van der Waals surface area (Å²) >= 11 is 3.02. The molecule has 1 aromatic carbocycles. The molecule has 124 valence electrons. The van der Waals surface area contributed by atoms with Crippen molar-refractivity contribution in [1.82, 2.24) is 24.2 Å². The van der Waals surface area contributed by atoms with Gasteiger partial charge in [-0.05, 0) is 18.6 Å². The van der Waals surface area contributed by atoms with E-state index in [0.29, 0.717) is 0 Å². The minimum atomic E-state index is 0.746. The lowest BCUT2D eigenvalue weighted by Gasteiger charge is -2.17. The Morgan fingerprint density at radius 1 is 1.33 bits per heavy atom. The average molecular weight is 359 g/mol. The van der Waals surface area contributed by atoms with Crippen LogP contribution in [0.5, 0.6) is 0 Å². The van der Waals surface area contributed by atoms with Crippen molar-refractivity contribution in [3.63, 3.8) is 0 Å². The van der Waals surface area contributed by atoms with Crippen molar-refractivity contribution in [2.75, 3.05) is 18.8 Å². The number of rotatable bonds is 4. The zero-order valence-corrected chi connectivity index (χ0v) is 14.5. The number of benzene rings is 1. The summed E-state index contributed by atoms with van der Waals surface area (Å²) in [6, 6.07) is 7.78. The van der Waals surface area contributed by atoms with Gasteiger partial charge in [-0.25, -0.2) is 9.07 Å². The van der Waals surface area contributed by atoms with Gasteiger partial charge in [0.15, 0.2) is 0 Å². The number of aromatic nitrogens is 3. The Labute approximate surface area is 147 Å². The normalized spacial score (nSPS) is 14.2. The van der Waals surface area contributed by atoms with Gasteiger partial charge >= 0.3 is 0 Å². The molecule has 3 heterocycles. The molecule has 0 aliphatic carbocycles. The minimum absolute atomic E-state index is 0.746. The van der Waals surface area contributed by atoms with E-state index in [9.17, 15) is 0 Å². The number of aromatic amines is 1. The lowest BCUT2D eigenvalue weighted by atomic mass is 10.2. The van der Waals surface area contributed by atoms with E-state index in [0.717, 1.165) is 53.1 Å². The van der Waals surface area contributed by atoms with E-state index in [1.54, 1.807) is 11.3 Å². The van der Waals surface area contributed by atoms with Crippen LogP contribution in [-0.4, -0.2) is 33.2 Å². The van der Waals surface area contributed by atoms with Crippen LogP contribution in [0.2, 0.25) is 0 Å². The van der Waals surface area contributed by atoms with Crippen molar-refractivity contribution in [2.45, 2.75) is 6.42 Å². The first-order valence-electron chi connectivity index (χ1n) is 7.59.